The topological polar surface area (TPSA) is 37.8 Å². The van der Waals surface area contributed by atoms with E-state index in [0.29, 0.717) is 11.8 Å². The van der Waals surface area contributed by atoms with Crippen LogP contribution in [-0.4, -0.2) is 16.7 Å². The second-order valence-electron chi connectivity index (χ2n) is 5.93. The maximum Gasteiger partial charge on any atom is 0.131 e. The van der Waals surface area contributed by atoms with E-state index in [1.54, 1.807) is 11.3 Å². The summed E-state index contributed by atoms with van der Waals surface area (Å²) in [4.78, 5) is 0. The van der Waals surface area contributed by atoms with Gasteiger partial charge >= 0.3 is 0 Å². The van der Waals surface area contributed by atoms with Gasteiger partial charge in [0.05, 0.1) is 0 Å². The van der Waals surface area contributed by atoms with Gasteiger partial charge in [0.15, 0.2) is 0 Å². The second kappa shape index (κ2) is 6.02. The van der Waals surface area contributed by atoms with Crippen LogP contribution in [0.1, 0.15) is 40.9 Å². The highest BCUT2D eigenvalue weighted by atomic mass is 32.1. The van der Waals surface area contributed by atoms with Gasteiger partial charge in [-0.05, 0) is 36.4 Å². The number of fused-ring (bicyclic) bond motifs is 1. The van der Waals surface area contributed by atoms with Gasteiger partial charge in [-0.1, -0.05) is 49.4 Å². The Morgan fingerprint density at radius 1 is 1.20 bits per heavy atom. The summed E-state index contributed by atoms with van der Waals surface area (Å²) in [5.41, 5.74) is 2.96. The number of nitrogens with zero attached hydrogens (tertiary/aromatic N) is 2. The van der Waals surface area contributed by atoms with E-state index >= 15 is 0 Å². The van der Waals surface area contributed by atoms with E-state index in [0.717, 1.165) is 30.9 Å². The van der Waals surface area contributed by atoms with Crippen LogP contribution in [0.2, 0.25) is 0 Å². The normalized spacial score (nSPS) is 14.9. The average Bonchev–Trinajstić information content (AvgIpc) is 3.03. The fourth-order valence-electron chi connectivity index (χ4n) is 2.70. The second-order valence-corrected chi connectivity index (χ2v) is 7.03. The Bertz CT molecular complexity index is 552. The molecule has 1 aromatic heterocycles. The van der Waals surface area contributed by atoms with Crippen molar-refractivity contribution in [2.75, 3.05) is 6.54 Å². The first-order chi connectivity index (χ1) is 9.72. The molecule has 0 spiro atoms. The molecule has 3 rings (SSSR count). The van der Waals surface area contributed by atoms with Crippen molar-refractivity contribution in [2.45, 2.75) is 39.2 Å². The van der Waals surface area contributed by atoms with Crippen LogP contribution in [0, 0.1) is 5.92 Å². The molecule has 2 aromatic rings. The van der Waals surface area contributed by atoms with Gasteiger partial charge in [0, 0.05) is 12.5 Å². The zero-order chi connectivity index (χ0) is 13.9. The van der Waals surface area contributed by atoms with Crippen LogP contribution in [0.4, 0.5) is 0 Å². The van der Waals surface area contributed by atoms with Crippen molar-refractivity contribution in [3.8, 4) is 0 Å². The van der Waals surface area contributed by atoms with Crippen molar-refractivity contribution in [1.29, 1.82) is 0 Å². The third-order valence-corrected chi connectivity index (χ3v) is 4.80. The van der Waals surface area contributed by atoms with E-state index in [1.807, 2.05) is 0 Å². The molecule has 1 aromatic carbocycles. The summed E-state index contributed by atoms with van der Waals surface area (Å²) < 4.78 is 0. The summed E-state index contributed by atoms with van der Waals surface area (Å²) in [6.07, 6.45) is 2.23. The van der Waals surface area contributed by atoms with Gasteiger partial charge in [-0.3, -0.25) is 0 Å². The summed E-state index contributed by atoms with van der Waals surface area (Å²) in [5, 5.41) is 14.5. The van der Waals surface area contributed by atoms with E-state index in [2.05, 4.69) is 53.6 Å². The van der Waals surface area contributed by atoms with Crippen LogP contribution in [0.3, 0.4) is 0 Å². The Labute approximate surface area is 124 Å². The van der Waals surface area contributed by atoms with Crippen LogP contribution < -0.4 is 5.32 Å². The molecule has 1 heterocycles. The Kier molecular flexibility index (Phi) is 4.13. The van der Waals surface area contributed by atoms with Crippen LogP contribution in [0.5, 0.6) is 0 Å². The van der Waals surface area contributed by atoms with Gasteiger partial charge in [-0.15, -0.1) is 10.2 Å². The number of hydrogen-bond donors (Lipinski definition) is 1. The molecule has 0 aliphatic heterocycles. The smallest absolute Gasteiger partial charge is 0.131 e. The number of hydrogen-bond acceptors (Lipinski definition) is 4. The summed E-state index contributed by atoms with van der Waals surface area (Å²) in [7, 11) is 0. The molecule has 4 heteroatoms. The lowest BCUT2D eigenvalue weighted by Crippen LogP contribution is -2.18. The minimum atomic E-state index is 0.531. The van der Waals surface area contributed by atoms with Crippen molar-refractivity contribution in [3.05, 3.63) is 45.4 Å². The van der Waals surface area contributed by atoms with Crippen molar-refractivity contribution in [2.24, 2.45) is 5.92 Å². The minimum Gasteiger partial charge on any atom is -0.310 e. The predicted molar refractivity (Wildman–Crippen MR) is 83.0 cm³/mol. The van der Waals surface area contributed by atoms with E-state index in [1.165, 1.54) is 16.1 Å². The third-order valence-electron chi connectivity index (χ3n) is 3.71. The summed E-state index contributed by atoms with van der Waals surface area (Å²) in [6.45, 7) is 6.31. The van der Waals surface area contributed by atoms with Gasteiger partial charge in [0.1, 0.15) is 10.0 Å². The fourth-order valence-corrected chi connectivity index (χ4v) is 3.62. The number of benzene rings is 1. The Morgan fingerprint density at radius 2 is 1.90 bits per heavy atom. The minimum absolute atomic E-state index is 0.531. The lowest BCUT2D eigenvalue weighted by atomic mass is 10.1. The third kappa shape index (κ3) is 3.07. The van der Waals surface area contributed by atoms with E-state index in [-0.39, 0.29) is 0 Å². The standard InChI is InChI=1S/C16H21N3S/c1-11(2)9-17-10-15-18-19-16(20-15)14-7-12-5-3-4-6-13(12)8-14/h3-6,11,14,17H,7-10H2,1-2H3. The molecule has 3 nitrogen and oxygen atoms in total. The molecular weight excluding hydrogens is 266 g/mol. The first-order valence-corrected chi connectivity index (χ1v) is 8.14. The first kappa shape index (κ1) is 13.7. The number of rotatable bonds is 5. The SMILES string of the molecule is CC(C)CNCc1nnc(C2Cc3ccccc3C2)s1. The zero-order valence-electron chi connectivity index (χ0n) is 12.1. The molecule has 1 aliphatic carbocycles. The highest BCUT2D eigenvalue weighted by Gasteiger charge is 2.25. The highest BCUT2D eigenvalue weighted by molar-refractivity contribution is 7.11. The van der Waals surface area contributed by atoms with Crippen LogP contribution in [-0.2, 0) is 19.4 Å². The summed E-state index contributed by atoms with van der Waals surface area (Å²) in [5.74, 6) is 1.20. The van der Waals surface area contributed by atoms with Gasteiger partial charge < -0.3 is 5.32 Å². The molecule has 1 N–H and O–H groups in total. The van der Waals surface area contributed by atoms with Crippen molar-refractivity contribution in [3.63, 3.8) is 0 Å². The lowest BCUT2D eigenvalue weighted by Gasteiger charge is -2.04. The molecule has 0 saturated heterocycles. The molecule has 0 unspecified atom stereocenters. The average molecular weight is 287 g/mol. The van der Waals surface area contributed by atoms with E-state index in [4.69, 9.17) is 0 Å². The number of nitrogens with one attached hydrogen (secondary N) is 1. The Morgan fingerprint density at radius 3 is 2.55 bits per heavy atom. The Balaban J connectivity index is 1.61. The maximum atomic E-state index is 4.41. The van der Waals surface area contributed by atoms with Gasteiger partial charge in [-0.2, -0.15) is 0 Å². The fraction of sp³-hybridized carbons (Fsp3) is 0.500. The summed E-state index contributed by atoms with van der Waals surface area (Å²) >= 11 is 1.77. The van der Waals surface area contributed by atoms with Crippen LogP contribution in [0.25, 0.3) is 0 Å². The molecule has 0 amide bonds. The summed E-state index contributed by atoms with van der Waals surface area (Å²) in [6, 6.07) is 8.73. The lowest BCUT2D eigenvalue weighted by molar-refractivity contribution is 0.550. The first-order valence-electron chi connectivity index (χ1n) is 7.32. The van der Waals surface area contributed by atoms with Gasteiger partial charge in [-0.25, -0.2) is 0 Å². The molecule has 106 valence electrons. The molecule has 0 saturated carbocycles. The van der Waals surface area contributed by atoms with Gasteiger partial charge in [0.25, 0.3) is 0 Å². The quantitative estimate of drug-likeness (QED) is 0.918. The zero-order valence-corrected chi connectivity index (χ0v) is 12.9. The largest absolute Gasteiger partial charge is 0.310 e. The van der Waals surface area contributed by atoms with E-state index < -0.39 is 0 Å². The highest BCUT2D eigenvalue weighted by Crippen LogP contribution is 2.34. The van der Waals surface area contributed by atoms with Crippen LogP contribution in [0.15, 0.2) is 24.3 Å². The molecule has 0 atom stereocenters. The molecule has 0 radical (unpaired) electrons. The molecule has 0 bridgehead atoms. The van der Waals surface area contributed by atoms with Crippen molar-refractivity contribution in [1.82, 2.24) is 15.5 Å². The monoisotopic (exact) mass is 287 g/mol. The Hall–Kier alpha value is -1.26. The molecule has 20 heavy (non-hydrogen) atoms. The maximum absolute atomic E-state index is 4.41. The molecule has 0 fully saturated rings. The number of aromatic nitrogens is 2. The van der Waals surface area contributed by atoms with Crippen molar-refractivity contribution >= 4 is 11.3 Å². The van der Waals surface area contributed by atoms with Gasteiger partial charge in [0.2, 0.25) is 0 Å². The molecular formula is C16H21N3S. The van der Waals surface area contributed by atoms with Crippen molar-refractivity contribution < 1.29 is 0 Å². The predicted octanol–water partition coefficient (Wildman–Crippen LogP) is 3.17. The molecule has 1 aliphatic rings. The van der Waals surface area contributed by atoms with E-state index in [9.17, 15) is 0 Å². The van der Waals surface area contributed by atoms with Crippen LogP contribution >= 0.6 is 11.3 Å².